The molecular formula is C13H15N3O3. The molecule has 1 aromatic rings. The summed E-state index contributed by atoms with van der Waals surface area (Å²) in [4.78, 5) is 12.5. The van der Waals surface area contributed by atoms with E-state index in [0.717, 1.165) is 5.69 Å². The highest BCUT2D eigenvalue weighted by Crippen LogP contribution is 2.31. The van der Waals surface area contributed by atoms with E-state index in [9.17, 15) is 10.1 Å². The van der Waals surface area contributed by atoms with E-state index in [0.29, 0.717) is 19.8 Å². The standard InChI is InChI=1S/C13H15N3O3/c1-13(2)9-19-6-5-15(13)11-4-3-10(8-14)12(7-11)16(17)18/h3-4,7H,5-6,9H2,1-2H3. The Balaban J connectivity index is 2.43. The van der Waals surface area contributed by atoms with Gasteiger partial charge < -0.3 is 9.64 Å². The molecule has 0 aromatic heterocycles. The van der Waals surface area contributed by atoms with Gasteiger partial charge in [0.25, 0.3) is 5.69 Å². The minimum atomic E-state index is -0.518. The van der Waals surface area contributed by atoms with E-state index in [2.05, 4.69) is 4.90 Å². The van der Waals surface area contributed by atoms with Crippen molar-refractivity contribution in [2.45, 2.75) is 19.4 Å². The Morgan fingerprint density at radius 2 is 2.26 bits per heavy atom. The van der Waals surface area contributed by atoms with Crippen LogP contribution in [0.3, 0.4) is 0 Å². The molecule has 0 radical (unpaired) electrons. The molecule has 0 bridgehead atoms. The second-order valence-corrected chi connectivity index (χ2v) is 5.09. The third-order valence-corrected chi connectivity index (χ3v) is 3.26. The van der Waals surface area contributed by atoms with E-state index in [1.54, 1.807) is 6.07 Å². The van der Waals surface area contributed by atoms with E-state index in [-0.39, 0.29) is 16.8 Å². The largest absolute Gasteiger partial charge is 0.377 e. The Labute approximate surface area is 111 Å². The molecule has 0 atom stereocenters. The van der Waals surface area contributed by atoms with Gasteiger partial charge in [-0.2, -0.15) is 5.26 Å². The van der Waals surface area contributed by atoms with Crippen LogP contribution >= 0.6 is 0 Å². The van der Waals surface area contributed by atoms with Gasteiger partial charge in [0.1, 0.15) is 11.6 Å². The number of nitro benzene ring substituents is 1. The SMILES string of the molecule is CC1(C)COCCN1c1ccc(C#N)c([N+](=O)[O-])c1. The number of nitro groups is 1. The maximum absolute atomic E-state index is 11.0. The Bertz CT molecular complexity index is 549. The summed E-state index contributed by atoms with van der Waals surface area (Å²) in [5.41, 5.74) is 0.460. The normalized spacial score (nSPS) is 17.8. The van der Waals surface area contributed by atoms with Crippen LogP contribution in [0.15, 0.2) is 18.2 Å². The zero-order valence-electron chi connectivity index (χ0n) is 10.9. The molecule has 0 saturated carbocycles. The second kappa shape index (κ2) is 4.86. The van der Waals surface area contributed by atoms with Gasteiger partial charge in [-0.15, -0.1) is 0 Å². The van der Waals surface area contributed by atoms with E-state index < -0.39 is 4.92 Å². The first-order valence-electron chi connectivity index (χ1n) is 5.99. The summed E-state index contributed by atoms with van der Waals surface area (Å²) in [6.07, 6.45) is 0. The summed E-state index contributed by atoms with van der Waals surface area (Å²) in [6.45, 7) is 5.89. The topological polar surface area (TPSA) is 79.4 Å². The Hall–Kier alpha value is -2.13. The Morgan fingerprint density at radius 1 is 1.53 bits per heavy atom. The molecule has 0 aliphatic carbocycles. The van der Waals surface area contributed by atoms with Gasteiger partial charge in [-0.25, -0.2) is 0 Å². The van der Waals surface area contributed by atoms with Crippen LogP contribution in [0.25, 0.3) is 0 Å². The predicted molar refractivity (Wildman–Crippen MR) is 70.1 cm³/mol. The molecule has 2 rings (SSSR count). The van der Waals surface area contributed by atoms with E-state index >= 15 is 0 Å². The summed E-state index contributed by atoms with van der Waals surface area (Å²) >= 11 is 0. The Morgan fingerprint density at radius 3 is 2.84 bits per heavy atom. The van der Waals surface area contributed by atoms with Crippen LogP contribution in [-0.4, -0.2) is 30.2 Å². The molecule has 0 spiro atoms. The third kappa shape index (κ3) is 2.51. The molecule has 19 heavy (non-hydrogen) atoms. The van der Waals surface area contributed by atoms with Gasteiger partial charge >= 0.3 is 0 Å². The van der Waals surface area contributed by atoms with Crippen molar-refractivity contribution >= 4 is 11.4 Å². The summed E-state index contributed by atoms with van der Waals surface area (Å²) in [5.74, 6) is 0. The minimum Gasteiger partial charge on any atom is -0.377 e. The Kier molecular flexibility index (Phi) is 3.40. The summed E-state index contributed by atoms with van der Waals surface area (Å²) in [6, 6.07) is 6.55. The monoisotopic (exact) mass is 261 g/mol. The summed E-state index contributed by atoms with van der Waals surface area (Å²) in [7, 11) is 0. The number of anilines is 1. The van der Waals surface area contributed by atoms with Crippen molar-refractivity contribution in [3.05, 3.63) is 33.9 Å². The molecule has 1 heterocycles. The molecule has 1 saturated heterocycles. The predicted octanol–water partition coefficient (Wildman–Crippen LogP) is 2.08. The fourth-order valence-electron chi connectivity index (χ4n) is 2.27. The van der Waals surface area contributed by atoms with Crippen LogP contribution < -0.4 is 4.90 Å². The summed E-state index contributed by atoms with van der Waals surface area (Å²) < 4.78 is 5.43. The molecule has 100 valence electrons. The zero-order chi connectivity index (χ0) is 14.0. The van der Waals surface area contributed by atoms with Gasteiger partial charge in [-0.1, -0.05) is 0 Å². The zero-order valence-corrected chi connectivity index (χ0v) is 10.9. The first-order valence-corrected chi connectivity index (χ1v) is 5.99. The van der Waals surface area contributed by atoms with Gasteiger partial charge in [0, 0.05) is 18.3 Å². The van der Waals surface area contributed by atoms with Gasteiger partial charge in [-0.05, 0) is 26.0 Å². The lowest BCUT2D eigenvalue weighted by Crippen LogP contribution is -2.53. The van der Waals surface area contributed by atoms with Crippen molar-refractivity contribution in [3.63, 3.8) is 0 Å². The van der Waals surface area contributed by atoms with E-state index in [4.69, 9.17) is 10.00 Å². The maximum Gasteiger partial charge on any atom is 0.289 e. The minimum absolute atomic E-state index is 0.0832. The van der Waals surface area contributed by atoms with E-state index in [1.807, 2.05) is 19.9 Å². The van der Waals surface area contributed by atoms with Crippen LogP contribution in [0, 0.1) is 21.4 Å². The highest BCUT2D eigenvalue weighted by atomic mass is 16.6. The average molecular weight is 261 g/mol. The van der Waals surface area contributed by atoms with Crippen molar-refractivity contribution in [1.29, 1.82) is 5.26 Å². The lowest BCUT2D eigenvalue weighted by Gasteiger charge is -2.43. The van der Waals surface area contributed by atoms with Crippen LogP contribution in [0.5, 0.6) is 0 Å². The lowest BCUT2D eigenvalue weighted by atomic mass is 10.0. The van der Waals surface area contributed by atoms with Gasteiger partial charge in [0.15, 0.2) is 0 Å². The third-order valence-electron chi connectivity index (χ3n) is 3.26. The summed E-state index contributed by atoms with van der Waals surface area (Å²) in [5, 5.41) is 19.9. The fraction of sp³-hybridized carbons (Fsp3) is 0.462. The molecule has 0 unspecified atom stereocenters. The molecule has 1 aliphatic heterocycles. The number of hydrogen-bond donors (Lipinski definition) is 0. The highest BCUT2D eigenvalue weighted by Gasteiger charge is 2.31. The average Bonchev–Trinajstić information content (AvgIpc) is 2.37. The number of ether oxygens (including phenoxy) is 1. The first-order chi connectivity index (χ1) is 8.95. The van der Waals surface area contributed by atoms with Crippen molar-refractivity contribution < 1.29 is 9.66 Å². The smallest absolute Gasteiger partial charge is 0.289 e. The number of nitriles is 1. The molecule has 6 heteroatoms. The molecule has 1 aliphatic rings. The van der Waals surface area contributed by atoms with Crippen LogP contribution in [0.2, 0.25) is 0 Å². The molecule has 0 amide bonds. The number of benzene rings is 1. The van der Waals surface area contributed by atoms with Crippen molar-refractivity contribution in [3.8, 4) is 6.07 Å². The first kappa shape index (κ1) is 13.3. The number of rotatable bonds is 2. The van der Waals surface area contributed by atoms with Gasteiger partial charge in [-0.3, -0.25) is 10.1 Å². The lowest BCUT2D eigenvalue weighted by molar-refractivity contribution is -0.385. The molecule has 6 nitrogen and oxygen atoms in total. The van der Waals surface area contributed by atoms with Crippen LogP contribution in [0.4, 0.5) is 11.4 Å². The molecule has 0 N–H and O–H groups in total. The number of nitrogens with zero attached hydrogens (tertiary/aromatic N) is 3. The number of morpholine rings is 1. The molecular weight excluding hydrogens is 246 g/mol. The fourth-order valence-corrected chi connectivity index (χ4v) is 2.27. The molecule has 1 fully saturated rings. The van der Waals surface area contributed by atoms with E-state index in [1.165, 1.54) is 12.1 Å². The van der Waals surface area contributed by atoms with Gasteiger partial charge in [0.05, 0.1) is 23.7 Å². The van der Waals surface area contributed by atoms with Crippen molar-refractivity contribution in [2.75, 3.05) is 24.7 Å². The molecule has 1 aromatic carbocycles. The highest BCUT2D eigenvalue weighted by molar-refractivity contribution is 5.61. The quantitative estimate of drug-likeness (QED) is 0.601. The van der Waals surface area contributed by atoms with Crippen molar-refractivity contribution in [1.82, 2.24) is 0 Å². The second-order valence-electron chi connectivity index (χ2n) is 5.09. The maximum atomic E-state index is 11.0. The van der Waals surface area contributed by atoms with Crippen molar-refractivity contribution in [2.24, 2.45) is 0 Å². The number of hydrogen-bond acceptors (Lipinski definition) is 5. The van der Waals surface area contributed by atoms with Crippen LogP contribution in [-0.2, 0) is 4.74 Å². The van der Waals surface area contributed by atoms with Gasteiger partial charge in [0.2, 0.25) is 0 Å². The van der Waals surface area contributed by atoms with Crippen LogP contribution in [0.1, 0.15) is 19.4 Å².